The summed E-state index contributed by atoms with van der Waals surface area (Å²) in [6, 6.07) is 5.60. The predicted octanol–water partition coefficient (Wildman–Crippen LogP) is 5.86. The van der Waals surface area contributed by atoms with Gasteiger partial charge in [0.1, 0.15) is 29.0 Å². The number of aryl methyl sites for hydroxylation is 1. The van der Waals surface area contributed by atoms with Gasteiger partial charge in [-0.1, -0.05) is 12.7 Å². The number of carbonyl (C=O) groups is 2. The minimum Gasteiger partial charge on any atom is -0.487 e. The maximum absolute atomic E-state index is 12.8. The SMILES string of the molecule is C=CCOc1c(I)cc(/C=C(\C#N)C(=O)Nc2sc(C)c(C)c2C(=O)OCC)cc1I. The summed E-state index contributed by atoms with van der Waals surface area (Å²) < 4.78 is 12.5. The molecule has 1 aromatic heterocycles. The van der Waals surface area contributed by atoms with Crippen molar-refractivity contribution >= 4 is 79.5 Å². The summed E-state index contributed by atoms with van der Waals surface area (Å²) in [5.41, 5.74) is 1.68. The number of benzene rings is 1. The zero-order valence-corrected chi connectivity index (χ0v) is 22.3. The van der Waals surface area contributed by atoms with E-state index < -0.39 is 11.9 Å². The van der Waals surface area contributed by atoms with E-state index in [0.29, 0.717) is 22.7 Å². The normalized spacial score (nSPS) is 10.9. The molecule has 1 amide bonds. The number of nitrogens with one attached hydrogen (secondary N) is 1. The van der Waals surface area contributed by atoms with Crippen LogP contribution in [0.5, 0.6) is 5.75 Å². The first-order chi connectivity index (χ1) is 14.7. The number of carbonyl (C=O) groups excluding carboxylic acids is 2. The van der Waals surface area contributed by atoms with Crippen molar-refractivity contribution in [2.24, 2.45) is 0 Å². The number of rotatable bonds is 8. The molecule has 1 aromatic carbocycles. The minimum atomic E-state index is -0.591. The van der Waals surface area contributed by atoms with Crippen LogP contribution in [-0.2, 0) is 9.53 Å². The first kappa shape index (κ1) is 25.4. The maximum Gasteiger partial charge on any atom is 0.341 e. The van der Waals surface area contributed by atoms with Gasteiger partial charge in [-0.25, -0.2) is 4.79 Å². The summed E-state index contributed by atoms with van der Waals surface area (Å²) in [7, 11) is 0. The molecule has 0 fully saturated rings. The number of amides is 1. The Balaban J connectivity index is 2.34. The van der Waals surface area contributed by atoms with Gasteiger partial charge in [0.05, 0.1) is 19.3 Å². The van der Waals surface area contributed by atoms with Crippen LogP contribution >= 0.6 is 56.5 Å². The quantitative estimate of drug-likeness (QED) is 0.126. The molecule has 6 nitrogen and oxygen atoms in total. The van der Waals surface area contributed by atoms with Crippen molar-refractivity contribution in [3.8, 4) is 11.8 Å². The fraction of sp³-hybridized carbons (Fsp3) is 0.227. The van der Waals surface area contributed by atoms with Gasteiger partial charge < -0.3 is 14.8 Å². The molecule has 0 bridgehead atoms. The van der Waals surface area contributed by atoms with Gasteiger partial charge in [0, 0.05) is 4.88 Å². The Labute approximate surface area is 212 Å². The molecule has 0 radical (unpaired) electrons. The fourth-order valence-electron chi connectivity index (χ4n) is 2.59. The number of thiophene rings is 1. The summed E-state index contributed by atoms with van der Waals surface area (Å²) in [5, 5.41) is 12.6. The van der Waals surface area contributed by atoms with Crippen LogP contribution in [0.3, 0.4) is 0 Å². The largest absolute Gasteiger partial charge is 0.487 e. The van der Waals surface area contributed by atoms with E-state index in [2.05, 4.69) is 57.1 Å². The molecule has 1 N–H and O–H groups in total. The maximum atomic E-state index is 12.8. The molecule has 0 atom stereocenters. The monoisotopic (exact) mass is 662 g/mol. The lowest BCUT2D eigenvalue weighted by atomic mass is 10.1. The second-order valence-corrected chi connectivity index (χ2v) is 9.79. The average molecular weight is 662 g/mol. The number of hydrogen-bond donors (Lipinski definition) is 1. The van der Waals surface area contributed by atoms with Crippen LogP contribution in [0.1, 0.15) is 33.3 Å². The molecule has 31 heavy (non-hydrogen) atoms. The molecule has 0 aliphatic rings. The molecular formula is C22H20I2N2O4S. The lowest BCUT2D eigenvalue weighted by Crippen LogP contribution is -2.16. The smallest absolute Gasteiger partial charge is 0.341 e. The van der Waals surface area contributed by atoms with E-state index in [4.69, 9.17) is 9.47 Å². The summed E-state index contributed by atoms with van der Waals surface area (Å²) in [6.45, 7) is 9.64. The van der Waals surface area contributed by atoms with E-state index in [-0.39, 0.29) is 12.2 Å². The van der Waals surface area contributed by atoms with E-state index in [1.807, 2.05) is 25.1 Å². The highest BCUT2D eigenvalue weighted by atomic mass is 127. The van der Waals surface area contributed by atoms with E-state index in [1.54, 1.807) is 19.9 Å². The molecule has 0 spiro atoms. The number of halogens is 2. The Hall–Kier alpha value is -1.91. The third-order valence-corrected chi connectivity index (χ3v) is 6.86. The number of ether oxygens (including phenoxy) is 2. The average Bonchev–Trinajstić information content (AvgIpc) is 2.98. The molecule has 2 rings (SSSR count). The number of anilines is 1. The summed E-state index contributed by atoms with van der Waals surface area (Å²) in [6.07, 6.45) is 3.17. The van der Waals surface area contributed by atoms with Crippen molar-refractivity contribution in [3.63, 3.8) is 0 Å². The first-order valence-electron chi connectivity index (χ1n) is 9.16. The van der Waals surface area contributed by atoms with Crippen LogP contribution < -0.4 is 10.1 Å². The van der Waals surface area contributed by atoms with Crippen LogP contribution in [0, 0.1) is 32.3 Å². The molecule has 0 aliphatic carbocycles. The molecule has 1 heterocycles. The van der Waals surface area contributed by atoms with Crippen molar-refractivity contribution < 1.29 is 19.1 Å². The first-order valence-corrected chi connectivity index (χ1v) is 12.1. The summed E-state index contributed by atoms with van der Waals surface area (Å²) in [5.74, 6) is -0.363. The highest BCUT2D eigenvalue weighted by Gasteiger charge is 2.23. The van der Waals surface area contributed by atoms with Crippen LogP contribution in [0.4, 0.5) is 5.00 Å². The van der Waals surface area contributed by atoms with Crippen molar-refractivity contribution in [2.75, 3.05) is 18.5 Å². The van der Waals surface area contributed by atoms with E-state index in [1.165, 1.54) is 17.4 Å². The van der Waals surface area contributed by atoms with Crippen LogP contribution in [0.2, 0.25) is 0 Å². The molecular weight excluding hydrogens is 642 g/mol. The van der Waals surface area contributed by atoms with Gasteiger partial charge in [0.15, 0.2) is 0 Å². The number of nitrogens with zero attached hydrogens (tertiary/aromatic N) is 1. The molecule has 0 saturated heterocycles. The van der Waals surface area contributed by atoms with Gasteiger partial charge in [-0.2, -0.15) is 5.26 Å². The molecule has 162 valence electrons. The summed E-state index contributed by atoms with van der Waals surface area (Å²) >= 11 is 5.57. The van der Waals surface area contributed by atoms with Crippen LogP contribution in [0.15, 0.2) is 30.4 Å². The third kappa shape index (κ3) is 6.30. The van der Waals surface area contributed by atoms with Crippen molar-refractivity contribution in [3.05, 3.63) is 59.1 Å². The lowest BCUT2D eigenvalue weighted by molar-refractivity contribution is -0.112. The summed E-state index contributed by atoms with van der Waals surface area (Å²) in [4.78, 5) is 26.0. The van der Waals surface area contributed by atoms with E-state index >= 15 is 0 Å². The van der Waals surface area contributed by atoms with Crippen molar-refractivity contribution in [2.45, 2.75) is 20.8 Å². The Kier molecular flexibility index (Phi) is 9.52. The van der Waals surface area contributed by atoms with Gasteiger partial charge in [0.25, 0.3) is 5.91 Å². The van der Waals surface area contributed by atoms with Gasteiger partial charge in [-0.15, -0.1) is 11.3 Å². The third-order valence-electron chi connectivity index (χ3n) is 4.13. The van der Waals surface area contributed by atoms with Crippen LogP contribution in [0.25, 0.3) is 6.08 Å². The van der Waals surface area contributed by atoms with Gasteiger partial charge in [0.2, 0.25) is 0 Å². The molecule has 9 heteroatoms. The standard InChI is InChI=1S/C22H20I2N2O4S/c1-5-7-30-19-16(23)9-14(10-17(19)24)8-15(11-25)20(27)26-21-18(22(28)29-6-2)12(3)13(4)31-21/h5,8-10H,1,6-7H2,2-4H3,(H,26,27)/b15-8+. The Morgan fingerprint density at radius 3 is 2.48 bits per heavy atom. The number of nitriles is 1. The second-order valence-electron chi connectivity index (χ2n) is 6.25. The highest BCUT2D eigenvalue weighted by molar-refractivity contribution is 14.1. The number of hydrogen-bond acceptors (Lipinski definition) is 6. The topological polar surface area (TPSA) is 88.4 Å². The minimum absolute atomic E-state index is 0.0788. The van der Waals surface area contributed by atoms with Crippen molar-refractivity contribution in [1.82, 2.24) is 0 Å². The van der Waals surface area contributed by atoms with E-state index in [9.17, 15) is 14.9 Å². The van der Waals surface area contributed by atoms with Crippen LogP contribution in [-0.4, -0.2) is 25.1 Å². The lowest BCUT2D eigenvalue weighted by Gasteiger charge is -2.10. The highest BCUT2D eigenvalue weighted by Crippen LogP contribution is 2.34. The molecule has 0 unspecified atom stereocenters. The van der Waals surface area contributed by atoms with E-state index in [0.717, 1.165) is 23.3 Å². The predicted molar refractivity (Wildman–Crippen MR) is 140 cm³/mol. The number of esters is 1. The molecule has 0 saturated carbocycles. The van der Waals surface area contributed by atoms with Gasteiger partial charge in [-0.3, -0.25) is 4.79 Å². The Morgan fingerprint density at radius 2 is 1.94 bits per heavy atom. The van der Waals surface area contributed by atoms with Gasteiger partial charge in [-0.05, 0) is 95.3 Å². The Morgan fingerprint density at radius 1 is 1.29 bits per heavy atom. The van der Waals surface area contributed by atoms with Gasteiger partial charge >= 0.3 is 5.97 Å². The molecule has 2 aromatic rings. The fourth-order valence-corrected chi connectivity index (χ4v) is 5.76. The second kappa shape index (κ2) is 11.6. The zero-order chi connectivity index (χ0) is 23.1. The zero-order valence-electron chi connectivity index (χ0n) is 17.2. The Bertz CT molecular complexity index is 1080. The molecule has 0 aliphatic heterocycles. The van der Waals surface area contributed by atoms with Crippen molar-refractivity contribution in [1.29, 1.82) is 5.26 Å².